The van der Waals surface area contributed by atoms with E-state index in [9.17, 15) is 4.79 Å². The fourth-order valence-corrected chi connectivity index (χ4v) is 3.07. The van der Waals surface area contributed by atoms with Crippen LogP contribution in [0.15, 0.2) is 24.3 Å². The number of benzene rings is 1. The van der Waals surface area contributed by atoms with Gasteiger partial charge in [-0.2, -0.15) is 0 Å². The lowest BCUT2D eigenvalue weighted by atomic mass is 10.1. The molecule has 1 aromatic carbocycles. The van der Waals surface area contributed by atoms with Gasteiger partial charge in [-0.1, -0.05) is 19.8 Å². The summed E-state index contributed by atoms with van der Waals surface area (Å²) in [6.45, 7) is 2.86. The van der Waals surface area contributed by atoms with E-state index in [2.05, 4.69) is 12.2 Å². The highest BCUT2D eigenvalue weighted by Crippen LogP contribution is 2.27. The number of ether oxygens (including phenoxy) is 1. The molecule has 0 aromatic heterocycles. The van der Waals surface area contributed by atoms with Gasteiger partial charge in [0.2, 0.25) is 0 Å². The molecule has 0 bridgehead atoms. The van der Waals surface area contributed by atoms with Crippen molar-refractivity contribution in [3.8, 4) is 5.75 Å². The van der Waals surface area contributed by atoms with E-state index in [1.165, 1.54) is 0 Å². The molecular weight excluding hydrogens is 286 g/mol. The van der Waals surface area contributed by atoms with Crippen molar-refractivity contribution in [1.29, 1.82) is 0 Å². The molecule has 21 heavy (non-hydrogen) atoms. The minimum atomic E-state index is -0.0166. The first-order valence-corrected chi connectivity index (χ1v) is 8.37. The standard InChI is InChI=1S/C17H24ClNO2/c1-2-3-11-21-15-9-7-13(8-10-15)17(20)19-16-6-4-5-14(16)12-18/h7-10,14,16H,2-6,11-12H2,1H3,(H,19,20). The molecule has 1 aromatic rings. The number of alkyl halides is 1. The van der Waals surface area contributed by atoms with E-state index in [1.54, 1.807) is 0 Å². The van der Waals surface area contributed by atoms with E-state index in [0.717, 1.165) is 44.5 Å². The van der Waals surface area contributed by atoms with Gasteiger partial charge in [-0.15, -0.1) is 11.6 Å². The number of unbranched alkanes of at least 4 members (excludes halogenated alkanes) is 1. The Hall–Kier alpha value is -1.22. The van der Waals surface area contributed by atoms with Crippen LogP contribution in [0.25, 0.3) is 0 Å². The number of carbonyl (C=O) groups is 1. The Balaban J connectivity index is 1.87. The van der Waals surface area contributed by atoms with Gasteiger partial charge in [0.05, 0.1) is 6.61 Å². The molecule has 1 aliphatic rings. The fourth-order valence-electron chi connectivity index (χ4n) is 2.70. The van der Waals surface area contributed by atoms with Gasteiger partial charge < -0.3 is 10.1 Å². The number of hydrogen-bond donors (Lipinski definition) is 1. The van der Waals surface area contributed by atoms with Crippen molar-refractivity contribution in [3.05, 3.63) is 29.8 Å². The molecule has 1 fully saturated rings. The van der Waals surface area contributed by atoms with Gasteiger partial charge in [0.15, 0.2) is 0 Å². The number of amides is 1. The Bertz CT molecular complexity index is 447. The number of carbonyl (C=O) groups excluding carboxylic acids is 1. The van der Waals surface area contributed by atoms with Crippen LogP contribution in [-0.4, -0.2) is 24.4 Å². The fraction of sp³-hybridized carbons (Fsp3) is 0.588. The highest BCUT2D eigenvalue weighted by molar-refractivity contribution is 6.18. The van der Waals surface area contributed by atoms with E-state index in [0.29, 0.717) is 17.4 Å². The second-order valence-corrected chi connectivity index (χ2v) is 5.96. The van der Waals surface area contributed by atoms with Crippen molar-refractivity contribution in [2.75, 3.05) is 12.5 Å². The zero-order chi connectivity index (χ0) is 15.1. The second-order valence-electron chi connectivity index (χ2n) is 5.65. The molecule has 0 saturated heterocycles. The van der Waals surface area contributed by atoms with Gasteiger partial charge in [0.1, 0.15) is 5.75 Å². The van der Waals surface area contributed by atoms with Gasteiger partial charge in [0, 0.05) is 17.5 Å². The highest BCUT2D eigenvalue weighted by atomic mass is 35.5. The molecule has 1 aliphatic carbocycles. The molecule has 2 unspecified atom stereocenters. The molecule has 0 radical (unpaired) electrons. The topological polar surface area (TPSA) is 38.3 Å². The van der Waals surface area contributed by atoms with E-state index in [4.69, 9.17) is 16.3 Å². The van der Waals surface area contributed by atoms with Crippen LogP contribution in [0.2, 0.25) is 0 Å². The maximum atomic E-state index is 12.2. The van der Waals surface area contributed by atoms with Crippen molar-refractivity contribution in [2.45, 2.75) is 45.1 Å². The average Bonchev–Trinajstić information content (AvgIpc) is 2.95. The summed E-state index contributed by atoms with van der Waals surface area (Å²) < 4.78 is 5.60. The predicted octanol–water partition coefficient (Wildman–Crippen LogP) is 4.00. The highest BCUT2D eigenvalue weighted by Gasteiger charge is 2.27. The molecule has 2 atom stereocenters. The molecule has 2 rings (SSSR count). The lowest BCUT2D eigenvalue weighted by Gasteiger charge is -2.19. The first kappa shape index (κ1) is 16.2. The molecule has 116 valence electrons. The summed E-state index contributed by atoms with van der Waals surface area (Å²) in [6.07, 6.45) is 5.44. The molecule has 1 amide bonds. The Kier molecular flexibility index (Phi) is 6.37. The quantitative estimate of drug-likeness (QED) is 0.610. The lowest BCUT2D eigenvalue weighted by Crippen LogP contribution is -2.37. The van der Waals surface area contributed by atoms with Crippen LogP contribution in [0.4, 0.5) is 0 Å². The number of hydrogen-bond acceptors (Lipinski definition) is 2. The second kappa shape index (κ2) is 8.28. The van der Waals surface area contributed by atoms with Crippen LogP contribution in [0.3, 0.4) is 0 Å². The molecule has 0 heterocycles. The van der Waals surface area contributed by atoms with E-state index in [-0.39, 0.29) is 11.9 Å². The van der Waals surface area contributed by atoms with Gasteiger partial charge in [-0.3, -0.25) is 4.79 Å². The van der Waals surface area contributed by atoms with Gasteiger partial charge in [-0.05, 0) is 49.4 Å². The zero-order valence-electron chi connectivity index (χ0n) is 12.6. The molecule has 4 heteroatoms. The van der Waals surface area contributed by atoms with Crippen molar-refractivity contribution in [2.24, 2.45) is 5.92 Å². The Morgan fingerprint density at radius 2 is 2.10 bits per heavy atom. The summed E-state index contributed by atoms with van der Waals surface area (Å²) in [5, 5.41) is 3.10. The van der Waals surface area contributed by atoms with Crippen LogP contribution in [0.5, 0.6) is 5.75 Å². The van der Waals surface area contributed by atoms with Gasteiger partial charge in [-0.25, -0.2) is 0 Å². The monoisotopic (exact) mass is 309 g/mol. The molecular formula is C17H24ClNO2. The molecule has 1 saturated carbocycles. The minimum absolute atomic E-state index is 0.0166. The number of rotatable bonds is 7. The van der Waals surface area contributed by atoms with Crippen LogP contribution >= 0.6 is 11.6 Å². The largest absolute Gasteiger partial charge is 0.494 e. The summed E-state index contributed by atoms with van der Waals surface area (Å²) in [4.78, 5) is 12.2. The maximum Gasteiger partial charge on any atom is 0.251 e. The third kappa shape index (κ3) is 4.63. The first-order valence-electron chi connectivity index (χ1n) is 7.84. The van der Waals surface area contributed by atoms with Crippen LogP contribution < -0.4 is 10.1 Å². The number of nitrogens with one attached hydrogen (secondary N) is 1. The van der Waals surface area contributed by atoms with Crippen molar-refractivity contribution in [1.82, 2.24) is 5.32 Å². The summed E-state index contributed by atoms with van der Waals surface area (Å²) in [5.74, 6) is 1.83. The van der Waals surface area contributed by atoms with Crippen molar-refractivity contribution in [3.63, 3.8) is 0 Å². The van der Waals surface area contributed by atoms with Gasteiger partial charge in [0.25, 0.3) is 5.91 Å². The Labute approximate surface area is 132 Å². The summed E-state index contributed by atoms with van der Waals surface area (Å²) in [6, 6.07) is 7.58. The van der Waals surface area contributed by atoms with Crippen molar-refractivity contribution < 1.29 is 9.53 Å². The third-order valence-corrected chi connectivity index (χ3v) is 4.45. The normalized spacial score (nSPS) is 21.2. The van der Waals surface area contributed by atoms with E-state index < -0.39 is 0 Å². The average molecular weight is 310 g/mol. The molecule has 3 nitrogen and oxygen atoms in total. The molecule has 0 spiro atoms. The van der Waals surface area contributed by atoms with Crippen LogP contribution in [-0.2, 0) is 0 Å². The third-order valence-electron chi connectivity index (χ3n) is 4.06. The smallest absolute Gasteiger partial charge is 0.251 e. The predicted molar refractivity (Wildman–Crippen MR) is 86.2 cm³/mol. The SMILES string of the molecule is CCCCOc1ccc(C(=O)NC2CCCC2CCl)cc1. The van der Waals surface area contributed by atoms with Gasteiger partial charge >= 0.3 is 0 Å². The number of halogens is 1. The summed E-state index contributed by atoms with van der Waals surface area (Å²) in [5.41, 5.74) is 0.679. The summed E-state index contributed by atoms with van der Waals surface area (Å²) >= 11 is 5.95. The van der Waals surface area contributed by atoms with E-state index >= 15 is 0 Å². The minimum Gasteiger partial charge on any atom is -0.494 e. The molecule has 0 aliphatic heterocycles. The molecule has 1 N–H and O–H groups in total. The lowest BCUT2D eigenvalue weighted by molar-refractivity contribution is 0.0930. The van der Waals surface area contributed by atoms with Crippen LogP contribution in [0, 0.1) is 5.92 Å². The van der Waals surface area contributed by atoms with Crippen LogP contribution in [0.1, 0.15) is 49.4 Å². The summed E-state index contributed by atoms with van der Waals surface area (Å²) in [7, 11) is 0. The van der Waals surface area contributed by atoms with E-state index in [1.807, 2.05) is 24.3 Å². The first-order chi connectivity index (χ1) is 10.2. The van der Waals surface area contributed by atoms with Crippen molar-refractivity contribution >= 4 is 17.5 Å². The maximum absolute atomic E-state index is 12.2. The Morgan fingerprint density at radius 3 is 2.76 bits per heavy atom. The zero-order valence-corrected chi connectivity index (χ0v) is 13.4. The Morgan fingerprint density at radius 1 is 1.33 bits per heavy atom.